The van der Waals surface area contributed by atoms with E-state index in [-0.39, 0.29) is 12.1 Å². The number of rotatable bonds is 1. The van der Waals surface area contributed by atoms with Crippen LogP contribution in [0.25, 0.3) is 0 Å². The summed E-state index contributed by atoms with van der Waals surface area (Å²) in [5.74, 6) is 0. The summed E-state index contributed by atoms with van der Waals surface area (Å²) >= 11 is 0. The summed E-state index contributed by atoms with van der Waals surface area (Å²) < 4.78 is 113. The van der Waals surface area contributed by atoms with Gasteiger partial charge in [-0.2, -0.15) is 39.5 Å². The van der Waals surface area contributed by atoms with E-state index in [0.717, 1.165) is 0 Å². The lowest BCUT2D eigenvalue weighted by Gasteiger charge is -2.22. The molecule has 0 aliphatic heterocycles. The van der Waals surface area contributed by atoms with Gasteiger partial charge in [-0.1, -0.05) is 6.07 Å². The Morgan fingerprint density at radius 1 is 0.700 bits per heavy atom. The van der Waals surface area contributed by atoms with Gasteiger partial charge < -0.3 is 0 Å². The number of benzene rings is 1. The van der Waals surface area contributed by atoms with E-state index in [1.54, 1.807) is 0 Å². The molecule has 1 aromatic rings. The smallest absolute Gasteiger partial charge is 0.232 e. The van der Waals surface area contributed by atoms with Crippen molar-refractivity contribution in [1.29, 1.82) is 0 Å². The first kappa shape index (κ1) is 16.6. The number of hydrogen-bond donors (Lipinski definition) is 0. The Balaban J connectivity index is 3.87. The SMILES string of the molecule is [O]Cc1ccc(C(F)(F)F)c(C(F)(F)F)c1C(F)(F)F. The molecule has 0 saturated heterocycles. The highest BCUT2D eigenvalue weighted by Crippen LogP contribution is 2.47. The molecular weight excluding hydrogens is 307 g/mol. The van der Waals surface area contributed by atoms with Crippen LogP contribution in [-0.2, 0) is 30.2 Å². The maximum atomic E-state index is 12.6. The summed E-state index contributed by atoms with van der Waals surface area (Å²) in [4.78, 5) is 0. The Morgan fingerprint density at radius 3 is 1.45 bits per heavy atom. The second kappa shape index (κ2) is 4.83. The lowest BCUT2D eigenvalue weighted by atomic mass is 9.94. The third kappa shape index (κ3) is 3.17. The first-order chi connectivity index (χ1) is 8.80. The van der Waals surface area contributed by atoms with Crippen molar-refractivity contribution >= 4 is 0 Å². The van der Waals surface area contributed by atoms with Crippen molar-refractivity contribution in [2.75, 3.05) is 0 Å². The molecule has 1 radical (unpaired) electrons. The molecule has 1 rings (SSSR count). The minimum Gasteiger partial charge on any atom is -0.232 e. The molecule has 0 fully saturated rings. The number of halogens is 9. The van der Waals surface area contributed by atoms with Crippen molar-refractivity contribution in [3.63, 3.8) is 0 Å². The Kier molecular flexibility index (Phi) is 4.01. The van der Waals surface area contributed by atoms with Crippen molar-refractivity contribution < 1.29 is 44.6 Å². The third-order valence-corrected chi connectivity index (χ3v) is 2.32. The second-order valence-corrected chi connectivity index (χ2v) is 3.66. The maximum Gasteiger partial charge on any atom is 0.417 e. The first-order valence-corrected chi connectivity index (χ1v) is 4.75. The lowest BCUT2D eigenvalue weighted by molar-refractivity contribution is -0.175. The van der Waals surface area contributed by atoms with Gasteiger partial charge >= 0.3 is 18.5 Å². The number of alkyl halides is 9. The average Bonchev–Trinajstić information content (AvgIpc) is 2.23. The fourth-order valence-corrected chi connectivity index (χ4v) is 1.62. The number of hydrogen-bond acceptors (Lipinski definition) is 0. The van der Waals surface area contributed by atoms with Crippen LogP contribution in [0.1, 0.15) is 22.3 Å². The molecule has 0 aromatic heterocycles. The van der Waals surface area contributed by atoms with Crippen molar-refractivity contribution in [1.82, 2.24) is 0 Å². The Labute approximate surface area is 105 Å². The van der Waals surface area contributed by atoms with Crippen LogP contribution in [0.15, 0.2) is 12.1 Å². The largest absolute Gasteiger partial charge is 0.417 e. The molecule has 0 heterocycles. The highest BCUT2D eigenvalue weighted by Gasteiger charge is 2.51. The van der Waals surface area contributed by atoms with Crippen LogP contribution in [0.4, 0.5) is 39.5 Å². The van der Waals surface area contributed by atoms with E-state index < -0.39 is 47.4 Å². The normalized spacial score (nSPS) is 13.7. The highest BCUT2D eigenvalue weighted by atomic mass is 19.4. The van der Waals surface area contributed by atoms with Gasteiger partial charge in [0.2, 0.25) is 0 Å². The first-order valence-electron chi connectivity index (χ1n) is 4.75. The summed E-state index contributed by atoms with van der Waals surface area (Å²) in [5, 5.41) is 10.5. The molecule has 0 unspecified atom stereocenters. The van der Waals surface area contributed by atoms with Gasteiger partial charge in [0.15, 0.2) is 0 Å². The van der Waals surface area contributed by atoms with E-state index in [1.807, 2.05) is 0 Å². The van der Waals surface area contributed by atoms with Gasteiger partial charge in [0.25, 0.3) is 0 Å². The summed E-state index contributed by atoms with van der Waals surface area (Å²) in [6.07, 6.45) is -17.3. The van der Waals surface area contributed by atoms with Gasteiger partial charge in [-0.3, -0.25) is 0 Å². The van der Waals surface area contributed by atoms with Crippen LogP contribution in [0.3, 0.4) is 0 Å². The van der Waals surface area contributed by atoms with Crippen LogP contribution in [0, 0.1) is 0 Å². The van der Waals surface area contributed by atoms with Crippen LogP contribution in [-0.4, -0.2) is 0 Å². The monoisotopic (exact) mass is 311 g/mol. The van der Waals surface area contributed by atoms with E-state index in [9.17, 15) is 44.6 Å². The summed E-state index contributed by atoms with van der Waals surface area (Å²) in [7, 11) is 0. The Morgan fingerprint density at radius 2 is 1.15 bits per heavy atom. The summed E-state index contributed by atoms with van der Waals surface area (Å²) in [5.41, 5.74) is -9.34. The van der Waals surface area contributed by atoms with E-state index in [1.165, 1.54) is 0 Å². The molecule has 20 heavy (non-hydrogen) atoms. The van der Waals surface area contributed by atoms with E-state index >= 15 is 0 Å². The lowest BCUT2D eigenvalue weighted by Crippen LogP contribution is -2.24. The third-order valence-electron chi connectivity index (χ3n) is 2.32. The summed E-state index contributed by atoms with van der Waals surface area (Å²) in [6, 6.07) is -0.0703. The van der Waals surface area contributed by atoms with Crippen molar-refractivity contribution in [2.45, 2.75) is 25.1 Å². The summed E-state index contributed by atoms with van der Waals surface area (Å²) in [6.45, 7) is -1.73. The molecule has 10 heteroatoms. The standard InChI is InChI=1S/C10H4F9O/c11-8(12,13)5-2-1-4(3-20)6(9(14,15)16)7(5)10(17,18)19/h1-2H,3H2. The topological polar surface area (TPSA) is 19.9 Å². The highest BCUT2D eigenvalue weighted by molar-refractivity contribution is 5.46. The zero-order valence-corrected chi connectivity index (χ0v) is 9.17. The van der Waals surface area contributed by atoms with Crippen LogP contribution >= 0.6 is 0 Å². The molecule has 0 spiro atoms. The average molecular weight is 311 g/mol. The minimum atomic E-state index is -5.90. The zero-order valence-electron chi connectivity index (χ0n) is 9.17. The van der Waals surface area contributed by atoms with E-state index in [0.29, 0.717) is 0 Å². The minimum absolute atomic E-state index is 0.105. The molecule has 0 amide bonds. The van der Waals surface area contributed by atoms with Gasteiger partial charge in [0.05, 0.1) is 16.7 Å². The molecule has 0 atom stereocenters. The Bertz CT molecular complexity index is 495. The molecule has 0 aliphatic rings. The van der Waals surface area contributed by atoms with Gasteiger partial charge in [0, 0.05) is 0 Å². The second-order valence-electron chi connectivity index (χ2n) is 3.66. The van der Waals surface area contributed by atoms with Crippen LogP contribution < -0.4 is 0 Å². The fourth-order valence-electron chi connectivity index (χ4n) is 1.62. The predicted octanol–water partition coefficient (Wildman–Crippen LogP) is 4.67. The van der Waals surface area contributed by atoms with Gasteiger partial charge in [-0.05, 0) is 11.6 Å². The molecule has 113 valence electrons. The molecule has 0 aliphatic carbocycles. The van der Waals surface area contributed by atoms with Gasteiger partial charge in [0.1, 0.15) is 6.61 Å². The molecule has 1 aromatic carbocycles. The van der Waals surface area contributed by atoms with Crippen LogP contribution in [0.5, 0.6) is 0 Å². The van der Waals surface area contributed by atoms with Gasteiger partial charge in [-0.15, -0.1) is 0 Å². The van der Waals surface area contributed by atoms with Crippen LogP contribution in [0.2, 0.25) is 0 Å². The molecule has 0 N–H and O–H groups in total. The Hall–Kier alpha value is -1.45. The molecule has 1 nitrogen and oxygen atoms in total. The van der Waals surface area contributed by atoms with E-state index in [4.69, 9.17) is 0 Å². The maximum absolute atomic E-state index is 12.6. The van der Waals surface area contributed by atoms with Gasteiger partial charge in [-0.25, -0.2) is 5.11 Å². The van der Waals surface area contributed by atoms with Crippen molar-refractivity contribution in [3.05, 3.63) is 34.4 Å². The molecule has 0 bridgehead atoms. The quantitative estimate of drug-likeness (QED) is 0.672. The zero-order chi connectivity index (χ0) is 15.9. The fraction of sp³-hybridized carbons (Fsp3) is 0.400. The predicted molar refractivity (Wildman–Crippen MR) is 45.8 cm³/mol. The van der Waals surface area contributed by atoms with Crippen molar-refractivity contribution in [3.8, 4) is 0 Å². The molecule has 0 saturated carbocycles. The molecular formula is C10H4F9O. The van der Waals surface area contributed by atoms with E-state index in [2.05, 4.69) is 0 Å². The van der Waals surface area contributed by atoms with Crippen molar-refractivity contribution in [2.24, 2.45) is 0 Å².